The molecule has 1 amide bonds. The molecule has 0 aliphatic heterocycles. The molecule has 0 saturated heterocycles. The van der Waals surface area contributed by atoms with Crippen molar-refractivity contribution >= 4 is 62.7 Å². The van der Waals surface area contributed by atoms with Crippen molar-refractivity contribution in [2.45, 2.75) is 61.2 Å². The van der Waals surface area contributed by atoms with Gasteiger partial charge < -0.3 is 33.5 Å². The highest BCUT2D eigenvalue weighted by atomic mass is 16.6. The maximum atomic E-state index is 13.3. The van der Waals surface area contributed by atoms with Gasteiger partial charge in [0.15, 0.2) is 0 Å². The van der Waals surface area contributed by atoms with Crippen LogP contribution in [0.3, 0.4) is 0 Å². The van der Waals surface area contributed by atoms with Crippen molar-refractivity contribution in [3.8, 4) is 22.6 Å². The van der Waals surface area contributed by atoms with Gasteiger partial charge in [0.1, 0.15) is 42.9 Å². The second-order valence-electron chi connectivity index (χ2n) is 16.7. The van der Waals surface area contributed by atoms with E-state index in [1.807, 2.05) is 98.8 Å². The van der Waals surface area contributed by atoms with Crippen LogP contribution >= 0.6 is 0 Å². The van der Waals surface area contributed by atoms with Gasteiger partial charge in [0.25, 0.3) is 0 Å². The van der Waals surface area contributed by atoms with Gasteiger partial charge in [-0.3, -0.25) is 33.7 Å². The number of carbonyl (C=O) groups is 7. The van der Waals surface area contributed by atoms with Crippen LogP contribution in [0, 0.1) is 27.7 Å². The minimum atomic E-state index is -0.642. The molecular weight excluding hydrogens is 897 g/mol. The zero-order valence-electron chi connectivity index (χ0n) is 39.9. The Morgan fingerprint density at radius 3 is 1.57 bits per heavy atom. The van der Waals surface area contributed by atoms with Gasteiger partial charge in [-0.2, -0.15) is 0 Å². The number of carbonyl (C=O) groups excluding carboxylic acids is 7. The van der Waals surface area contributed by atoms with Crippen LogP contribution < -0.4 is 5.32 Å². The van der Waals surface area contributed by atoms with E-state index in [4.69, 9.17) is 28.2 Å². The molecule has 0 fully saturated rings. The fraction of sp³-hybridized carbons (Fsp3) is 0.255. The Labute approximate surface area is 403 Å². The Bertz CT molecular complexity index is 3210. The number of esters is 2. The van der Waals surface area contributed by atoms with E-state index < -0.39 is 35.2 Å². The maximum Gasteiger partial charge on any atom is 0.410 e. The maximum absolute atomic E-state index is 13.3. The highest BCUT2D eigenvalue weighted by Crippen LogP contribution is 2.43. The summed E-state index contributed by atoms with van der Waals surface area (Å²) in [5.41, 5.74) is 6.46. The summed E-state index contributed by atoms with van der Waals surface area (Å²) >= 11 is 0. The number of aliphatic hydroxyl groups is 1. The van der Waals surface area contributed by atoms with Gasteiger partial charge in [0.2, 0.25) is 23.1 Å². The number of hydrogen-bond acceptors (Lipinski definition) is 14. The van der Waals surface area contributed by atoms with Crippen molar-refractivity contribution in [2.24, 2.45) is 0 Å². The standard InChI is InChI=1S/C31H27NO7.C23H21NO5.CH4O/c1-18-8-7-11-23-22(18)12-13-24-27(23)29(35)28(34)26-19(2)25(39-30(24)26)16-32(14-15-37-20(3)33)31(36)38-17-21-9-5-4-6-10-21;1-12-5-4-6-16-15(12)7-8-17-20(16)22(27)21(26)19-13(2)18(29-23(17)19)11-24-9-10-28-14(3)25;1-2/h4-13H,14-17H2,1-3H3;4-8,24H,9-11H2,1-3H3;2H,1H3. The largest absolute Gasteiger partial charge is 0.465 e. The van der Waals surface area contributed by atoms with Gasteiger partial charge in [-0.05, 0) is 78.1 Å². The average molecular weight is 949 g/mol. The van der Waals surface area contributed by atoms with E-state index in [1.54, 1.807) is 19.9 Å². The normalized spacial score (nSPS) is 12.2. The quantitative estimate of drug-likeness (QED) is 0.0507. The molecule has 0 radical (unpaired) electrons. The Morgan fingerprint density at radius 1 is 0.557 bits per heavy atom. The lowest BCUT2D eigenvalue weighted by atomic mass is 9.83. The summed E-state index contributed by atoms with van der Waals surface area (Å²) in [6.45, 7) is 11.1. The summed E-state index contributed by atoms with van der Waals surface area (Å²) in [7, 11) is 1.00. The first-order valence-electron chi connectivity index (χ1n) is 22.5. The molecule has 15 heteroatoms. The van der Waals surface area contributed by atoms with Crippen molar-refractivity contribution in [3.63, 3.8) is 0 Å². The van der Waals surface area contributed by atoms with Gasteiger partial charge in [-0.1, -0.05) is 78.9 Å². The number of ketones is 4. The average Bonchev–Trinajstić information content (AvgIpc) is 3.86. The summed E-state index contributed by atoms with van der Waals surface area (Å²) in [4.78, 5) is 89.0. The minimum Gasteiger partial charge on any atom is -0.465 e. The number of nitrogens with one attached hydrogen (secondary N) is 1. The van der Waals surface area contributed by atoms with Gasteiger partial charge >= 0.3 is 18.0 Å². The van der Waals surface area contributed by atoms with Crippen molar-refractivity contribution in [1.29, 1.82) is 0 Å². The number of benzene rings is 5. The van der Waals surface area contributed by atoms with E-state index >= 15 is 0 Å². The van der Waals surface area contributed by atoms with Crippen LogP contribution in [0.15, 0.2) is 99.8 Å². The monoisotopic (exact) mass is 948 g/mol. The van der Waals surface area contributed by atoms with Gasteiger partial charge in [-0.25, -0.2) is 4.79 Å². The molecule has 2 aliphatic carbocycles. The number of aryl methyl sites for hydroxylation is 2. The summed E-state index contributed by atoms with van der Waals surface area (Å²) in [5, 5.41) is 13.4. The summed E-state index contributed by atoms with van der Waals surface area (Å²) in [6.07, 6.45) is -0.635. The zero-order valence-corrected chi connectivity index (χ0v) is 39.9. The van der Waals surface area contributed by atoms with Gasteiger partial charge in [-0.15, -0.1) is 0 Å². The number of nitrogens with zero attached hydrogens (tertiary/aromatic N) is 1. The minimum absolute atomic E-state index is 0.0408. The number of fused-ring (bicyclic) bond motifs is 10. The number of rotatable bonds is 12. The fourth-order valence-corrected chi connectivity index (χ4v) is 8.71. The smallest absolute Gasteiger partial charge is 0.410 e. The summed E-state index contributed by atoms with van der Waals surface area (Å²) in [5.74, 6) is -1.37. The van der Waals surface area contributed by atoms with Crippen LogP contribution in [0.2, 0.25) is 0 Å². The van der Waals surface area contributed by atoms with E-state index in [9.17, 15) is 33.6 Å². The Morgan fingerprint density at radius 2 is 1.04 bits per heavy atom. The van der Waals surface area contributed by atoms with Crippen LogP contribution in [0.1, 0.15) is 94.6 Å². The van der Waals surface area contributed by atoms with Crippen molar-refractivity contribution in [1.82, 2.24) is 10.2 Å². The first-order chi connectivity index (χ1) is 33.7. The molecule has 15 nitrogen and oxygen atoms in total. The molecule has 5 aromatic carbocycles. The lowest BCUT2D eigenvalue weighted by Crippen LogP contribution is -2.34. The molecule has 2 aliphatic rings. The van der Waals surface area contributed by atoms with Crippen molar-refractivity contribution in [2.75, 3.05) is 33.4 Å². The number of aliphatic hydroxyl groups excluding tert-OH is 1. The molecule has 0 unspecified atom stereocenters. The second-order valence-corrected chi connectivity index (χ2v) is 16.7. The van der Waals surface area contributed by atoms with Crippen molar-refractivity contribution in [3.05, 3.63) is 153 Å². The predicted molar refractivity (Wildman–Crippen MR) is 260 cm³/mol. The third-order valence-electron chi connectivity index (χ3n) is 12.2. The molecule has 0 atom stereocenters. The van der Waals surface area contributed by atoms with Crippen molar-refractivity contribution < 1.29 is 61.7 Å². The van der Waals surface area contributed by atoms with Gasteiger partial charge in [0, 0.05) is 60.9 Å². The predicted octanol–water partition coefficient (Wildman–Crippen LogP) is 9.15. The molecule has 0 bridgehead atoms. The molecule has 70 heavy (non-hydrogen) atoms. The number of furan rings is 2. The van der Waals surface area contributed by atoms with Crippen LogP contribution in [0.4, 0.5) is 4.79 Å². The van der Waals surface area contributed by atoms with E-state index in [-0.39, 0.29) is 44.4 Å². The zero-order chi connectivity index (χ0) is 50.4. The lowest BCUT2D eigenvalue weighted by molar-refractivity contribution is -0.142. The first kappa shape index (κ1) is 49.9. The molecule has 9 rings (SSSR count). The topological polar surface area (TPSA) is 209 Å². The second kappa shape index (κ2) is 21.5. The SMILES string of the molecule is CC(=O)OCCN(Cc1oc2c(c1C)C(=O)C(=O)c1c-2ccc2c(C)cccc12)C(=O)OCc1ccccc1.CC(=O)OCCNCc1oc2c(c1C)C(=O)C(=O)c1c-2ccc2c(C)cccc12.CO. The lowest BCUT2D eigenvalue weighted by Gasteiger charge is -2.21. The molecule has 2 heterocycles. The Hall–Kier alpha value is -8.01. The first-order valence-corrected chi connectivity index (χ1v) is 22.5. The molecule has 0 spiro atoms. The van der Waals surface area contributed by atoms with E-state index in [2.05, 4.69) is 5.32 Å². The number of ether oxygens (including phenoxy) is 3. The molecular formula is C55H52N2O13. The summed E-state index contributed by atoms with van der Waals surface area (Å²) in [6, 6.07) is 28.1. The fourth-order valence-electron chi connectivity index (χ4n) is 8.71. The van der Waals surface area contributed by atoms with E-state index in [1.165, 1.54) is 18.7 Å². The highest BCUT2D eigenvalue weighted by molar-refractivity contribution is 6.55. The Kier molecular flexibility index (Phi) is 15.3. The molecule has 360 valence electrons. The number of hydrogen-bond donors (Lipinski definition) is 2. The molecule has 2 N–H and O–H groups in total. The third-order valence-corrected chi connectivity index (χ3v) is 12.2. The number of Topliss-reactive ketones (excluding diaryl/α,β-unsaturated/α-hetero) is 4. The number of amides is 1. The highest BCUT2D eigenvalue weighted by Gasteiger charge is 2.39. The van der Waals surface area contributed by atoms with Crippen LogP contribution in [-0.4, -0.2) is 84.6 Å². The molecule has 0 saturated carbocycles. The van der Waals surface area contributed by atoms with E-state index in [0.717, 1.165) is 40.0 Å². The molecule has 7 aromatic rings. The molecule has 2 aromatic heterocycles. The van der Waals surface area contributed by atoms with E-state index in [0.29, 0.717) is 80.5 Å². The van der Waals surface area contributed by atoms with Crippen LogP contribution in [-0.2, 0) is 43.5 Å². The van der Waals surface area contributed by atoms with Gasteiger partial charge in [0.05, 0.1) is 30.8 Å². The Balaban J connectivity index is 0.000000207. The summed E-state index contributed by atoms with van der Waals surface area (Å²) < 4.78 is 27.7. The third kappa shape index (κ3) is 9.93. The van der Waals surface area contributed by atoms with Crippen LogP contribution in [0.25, 0.3) is 44.2 Å². The van der Waals surface area contributed by atoms with Crippen LogP contribution in [0.5, 0.6) is 0 Å².